The topological polar surface area (TPSA) is 114 Å². The molecular formula is C27H28N6O2S. The van der Waals surface area contributed by atoms with E-state index in [-0.39, 0.29) is 10.9 Å². The molecule has 5 rings (SSSR count). The van der Waals surface area contributed by atoms with Crippen molar-refractivity contribution < 1.29 is 9.21 Å². The first-order valence-corrected chi connectivity index (χ1v) is 12.5. The second kappa shape index (κ2) is 10.4. The molecule has 0 unspecified atom stereocenters. The molecule has 36 heavy (non-hydrogen) atoms. The quantitative estimate of drug-likeness (QED) is 0.260. The van der Waals surface area contributed by atoms with Gasteiger partial charge in [-0.1, -0.05) is 0 Å². The number of piperazine rings is 1. The number of aromatic amines is 1. The summed E-state index contributed by atoms with van der Waals surface area (Å²) < 4.78 is 5.64. The lowest BCUT2D eigenvalue weighted by molar-refractivity contribution is 0.0952. The molecule has 2 aromatic heterocycles. The van der Waals surface area contributed by atoms with Gasteiger partial charge < -0.3 is 20.0 Å². The number of fused-ring (bicyclic) bond motifs is 2. The third-order valence-corrected chi connectivity index (χ3v) is 6.87. The lowest BCUT2D eigenvalue weighted by Crippen LogP contribution is -2.46. The summed E-state index contributed by atoms with van der Waals surface area (Å²) in [5.74, 6) is -0.247. The summed E-state index contributed by atoms with van der Waals surface area (Å²) in [6, 6.07) is 15.8. The monoisotopic (exact) mass is 500 g/mol. The zero-order valence-electron chi connectivity index (χ0n) is 19.9. The van der Waals surface area contributed by atoms with Crippen LogP contribution in [0.5, 0.6) is 0 Å². The minimum Gasteiger partial charge on any atom is -0.451 e. The Kier molecular flexibility index (Phi) is 6.89. The van der Waals surface area contributed by atoms with Gasteiger partial charge in [0.1, 0.15) is 5.58 Å². The number of rotatable bonds is 7. The Balaban J connectivity index is 1.11. The number of nitrogens with zero attached hydrogens (tertiary/aromatic N) is 3. The Morgan fingerprint density at radius 3 is 2.75 bits per heavy atom. The second-order valence-corrected chi connectivity index (χ2v) is 9.56. The van der Waals surface area contributed by atoms with Crippen molar-refractivity contribution in [3.05, 3.63) is 65.5 Å². The molecule has 1 aliphatic rings. The van der Waals surface area contributed by atoms with E-state index in [0.717, 1.165) is 74.0 Å². The first kappa shape index (κ1) is 23.9. The fraction of sp³-hybridized carbons (Fsp3) is 0.296. The maximum atomic E-state index is 12.1. The Labute approximate surface area is 214 Å². The van der Waals surface area contributed by atoms with Gasteiger partial charge in [0.2, 0.25) is 0 Å². The zero-order valence-corrected chi connectivity index (χ0v) is 20.7. The van der Waals surface area contributed by atoms with Gasteiger partial charge in [-0.2, -0.15) is 5.26 Å². The Bertz CT molecular complexity index is 1460. The largest absolute Gasteiger partial charge is 0.451 e. The van der Waals surface area contributed by atoms with Crippen LogP contribution >= 0.6 is 12.2 Å². The lowest BCUT2D eigenvalue weighted by Gasteiger charge is -2.36. The number of carbonyl (C=O) groups excluding carboxylic acids is 1. The normalized spacial score (nSPS) is 14.2. The highest BCUT2D eigenvalue weighted by Gasteiger charge is 2.19. The summed E-state index contributed by atoms with van der Waals surface area (Å²) in [7, 11) is 0. The molecule has 3 heterocycles. The van der Waals surface area contributed by atoms with E-state index in [1.54, 1.807) is 6.07 Å². The predicted octanol–water partition coefficient (Wildman–Crippen LogP) is 3.90. The Morgan fingerprint density at radius 2 is 1.97 bits per heavy atom. The molecule has 8 nitrogen and oxygen atoms in total. The molecule has 1 saturated heterocycles. The van der Waals surface area contributed by atoms with Crippen molar-refractivity contribution in [2.45, 2.75) is 19.3 Å². The third kappa shape index (κ3) is 5.20. The van der Waals surface area contributed by atoms with Crippen LogP contribution in [0.2, 0.25) is 0 Å². The molecule has 0 aliphatic carbocycles. The van der Waals surface area contributed by atoms with Crippen molar-refractivity contribution in [1.82, 2.24) is 15.2 Å². The first-order chi connectivity index (χ1) is 17.5. The Hall–Kier alpha value is -3.87. The van der Waals surface area contributed by atoms with Gasteiger partial charge in [0.05, 0.1) is 11.6 Å². The number of nitrogens with one attached hydrogen (secondary N) is 2. The van der Waals surface area contributed by atoms with Crippen LogP contribution in [0.25, 0.3) is 21.9 Å². The van der Waals surface area contributed by atoms with Gasteiger partial charge >= 0.3 is 0 Å². The van der Waals surface area contributed by atoms with E-state index in [4.69, 9.17) is 22.4 Å². The van der Waals surface area contributed by atoms with E-state index < -0.39 is 5.91 Å². The summed E-state index contributed by atoms with van der Waals surface area (Å²) in [6.45, 7) is 5.03. The number of unbranched alkanes of at least 4 members (excludes halogenated alkanes) is 1. The average molecular weight is 501 g/mol. The van der Waals surface area contributed by atoms with E-state index in [1.165, 1.54) is 5.56 Å². The Morgan fingerprint density at radius 1 is 1.14 bits per heavy atom. The standard InChI is InChI=1S/C27H28N6O2S/c28-16-18-4-6-23-22(13-18)19(17-30-23)3-1-2-8-32-9-11-33(12-10-32)21-5-7-24-20(14-21)15-25(35-24)26(34)31-27(29)36/h4-7,13-15,17,30H,1-3,8-12H2,(H3,29,31,34,36). The number of benzene rings is 2. The maximum Gasteiger partial charge on any atom is 0.293 e. The number of anilines is 1. The summed E-state index contributed by atoms with van der Waals surface area (Å²) in [4.78, 5) is 20.3. The number of furan rings is 1. The highest BCUT2D eigenvalue weighted by atomic mass is 32.1. The van der Waals surface area contributed by atoms with Crippen LogP contribution in [0.15, 0.2) is 53.1 Å². The fourth-order valence-corrected chi connectivity index (χ4v) is 4.94. The van der Waals surface area contributed by atoms with Gasteiger partial charge in [0, 0.05) is 54.4 Å². The number of hydrogen-bond acceptors (Lipinski definition) is 6. The number of nitriles is 1. The van der Waals surface area contributed by atoms with Crippen molar-refractivity contribution in [1.29, 1.82) is 5.26 Å². The van der Waals surface area contributed by atoms with Crippen molar-refractivity contribution >= 4 is 50.8 Å². The summed E-state index contributed by atoms with van der Waals surface area (Å²) >= 11 is 4.73. The molecule has 9 heteroatoms. The van der Waals surface area contributed by atoms with Crippen LogP contribution in [0.1, 0.15) is 34.5 Å². The summed E-state index contributed by atoms with van der Waals surface area (Å²) in [5.41, 5.74) is 10.2. The second-order valence-electron chi connectivity index (χ2n) is 9.12. The number of H-pyrrole nitrogens is 1. The molecule has 0 atom stereocenters. The third-order valence-electron chi connectivity index (χ3n) is 6.76. The van der Waals surface area contributed by atoms with Crippen LogP contribution in [0, 0.1) is 11.3 Å². The van der Waals surface area contributed by atoms with E-state index >= 15 is 0 Å². The van der Waals surface area contributed by atoms with Crippen LogP contribution in [-0.4, -0.2) is 53.6 Å². The van der Waals surface area contributed by atoms with Gasteiger partial charge in [0.15, 0.2) is 10.9 Å². The molecule has 1 fully saturated rings. The van der Waals surface area contributed by atoms with Crippen molar-refractivity contribution in [3.8, 4) is 6.07 Å². The van der Waals surface area contributed by atoms with Gasteiger partial charge in [-0.05, 0) is 86.1 Å². The average Bonchev–Trinajstić information content (AvgIpc) is 3.50. The lowest BCUT2D eigenvalue weighted by atomic mass is 10.1. The number of carbonyl (C=O) groups is 1. The summed E-state index contributed by atoms with van der Waals surface area (Å²) in [6.07, 6.45) is 5.34. The van der Waals surface area contributed by atoms with Crippen LogP contribution in [0.3, 0.4) is 0 Å². The van der Waals surface area contributed by atoms with Gasteiger partial charge in [0.25, 0.3) is 5.91 Å². The molecule has 4 aromatic rings. The zero-order chi connectivity index (χ0) is 25.1. The molecular weight excluding hydrogens is 472 g/mol. The van der Waals surface area contributed by atoms with Gasteiger partial charge in [-0.25, -0.2) is 0 Å². The fourth-order valence-electron chi connectivity index (χ4n) is 4.85. The number of aromatic nitrogens is 1. The number of hydrogen-bond donors (Lipinski definition) is 3. The highest BCUT2D eigenvalue weighted by molar-refractivity contribution is 7.80. The number of amides is 1. The van der Waals surface area contributed by atoms with Crippen molar-refractivity contribution in [2.75, 3.05) is 37.6 Å². The molecule has 0 spiro atoms. The smallest absolute Gasteiger partial charge is 0.293 e. The summed E-state index contributed by atoms with van der Waals surface area (Å²) in [5, 5.41) is 13.5. The van der Waals surface area contributed by atoms with E-state index in [0.29, 0.717) is 11.1 Å². The number of thiocarbonyl (C=S) groups is 1. The first-order valence-electron chi connectivity index (χ1n) is 12.1. The highest BCUT2D eigenvalue weighted by Crippen LogP contribution is 2.26. The molecule has 2 aromatic carbocycles. The molecule has 0 saturated carbocycles. The van der Waals surface area contributed by atoms with Gasteiger partial charge in [-0.3, -0.25) is 15.0 Å². The van der Waals surface area contributed by atoms with Crippen LogP contribution in [0.4, 0.5) is 5.69 Å². The van der Waals surface area contributed by atoms with E-state index in [2.05, 4.69) is 38.4 Å². The molecule has 4 N–H and O–H groups in total. The molecule has 0 radical (unpaired) electrons. The minimum absolute atomic E-state index is 0.0776. The molecule has 184 valence electrons. The predicted molar refractivity (Wildman–Crippen MR) is 145 cm³/mol. The molecule has 0 bridgehead atoms. The number of aryl methyl sites for hydroxylation is 1. The minimum atomic E-state index is -0.439. The van der Waals surface area contributed by atoms with Crippen molar-refractivity contribution in [2.24, 2.45) is 5.73 Å². The van der Waals surface area contributed by atoms with E-state index in [9.17, 15) is 10.1 Å². The van der Waals surface area contributed by atoms with Crippen LogP contribution < -0.4 is 16.0 Å². The molecule has 1 aliphatic heterocycles. The van der Waals surface area contributed by atoms with Crippen LogP contribution in [-0.2, 0) is 6.42 Å². The number of nitrogens with two attached hydrogens (primary N) is 1. The SMILES string of the molecule is N#Cc1ccc2[nH]cc(CCCCN3CCN(c4ccc5oc(C(=O)NC(N)=S)cc5c4)CC3)c2c1. The molecule has 1 amide bonds. The van der Waals surface area contributed by atoms with Crippen molar-refractivity contribution in [3.63, 3.8) is 0 Å². The van der Waals surface area contributed by atoms with E-state index in [1.807, 2.05) is 30.3 Å². The van der Waals surface area contributed by atoms with Gasteiger partial charge in [-0.15, -0.1) is 0 Å². The maximum absolute atomic E-state index is 12.1.